The molecule has 0 bridgehead atoms. The van der Waals surface area contributed by atoms with Crippen LogP contribution in [0.25, 0.3) is 11.3 Å². The minimum absolute atomic E-state index is 0.0427. The average Bonchev–Trinajstić information content (AvgIpc) is 3.38. The number of hydrogen-bond acceptors (Lipinski definition) is 6. The normalized spacial score (nSPS) is 18.3. The number of methoxy groups -OCH3 is 1. The van der Waals surface area contributed by atoms with Crippen molar-refractivity contribution in [2.45, 2.75) is 32.0 Å². The number of pyridine rings is 1. The lowest BCUT2D eigenvalue weighted by atomic mass is 10.0. The molecule has 0 aliphatic carbocycles. The molecular formula is C22H22N4O4S. The van der Waals surface area contributed by atoms with Gasteiger partial charge in [-0.3, -0.25) is 15.1 Å². The van der Waals surface area contributed by atoms with Crippen molar-refractivity contribution in [2.75, 3.05) is 7.11 Å². The summed E-state index contributed by atoms with van der Waals surface area (Å²) >= 11 is 5.61. The van der Waals surface area contributed by atoms with Gasteiger partial charge in [0.1, 0.15) is 23.3 Å². The van der Waals surface area contributed by atoms with E-state index in [4.69, 9.17) is 21.4 Å². The Morgan fingerprint density at radius 3 is 2.71 bits per heavy atom. The van der Waals surface area contributed by atoms with Crippen LogP contribution in [0.3, 0.4) is 0 Å². The number of nitro benzene ring substituents is 1. The molecular weight excluding hydrogens is 416 g/mol. The minimum Gasteiger partial charge on any atom is -0.496 e. The fraction of sp³-hybridized carbons (Fsp3) is 0.273. The van der Waals surface area contributed by atoms with Crippen LogP contribution >= 0.6 is 12.2 Å². The van der Waals surface area contributed by atoms with Crippen molar-refractivity contribution in [3.8, 4) is 17.1 Å². The highest BCUT2D eigenvalue weighted by molar-refractivity contribution is 7.80. The van der Waals surface area contributed by atoms with E-state index < -0.39 is 4.92 Å². The second-order valence-corrected chi connectivity index (χ2v) is 7.86. The van der Waals surface area contributed by atoms with E-state index in [2.05, 4.69) is 29.0 Å². The lowest BCUT2D eigenvalue weighted by Crippen LogP contribution is -2.35. The Labute approximate surface area is 185 Å². The van der Waals surface area contributed by atoms with E-state index in [0.29, 0.717) is 27.9 Å². The van der Waals surface area contributed by atoms with Crippen LogP contribution in [0.15, 0.2) is 59.1 Å². The van der Waals surface area contributed by atoms with E-state index >= 15 is 0 Å². The number of aromatic nitrogens is 1. The summed E-state index contributed by atoms with van der Waals surface area (Å²) in [4.78, 5) is 17.2. The first-order chi connectivity index (χ1) is 14.9. The fourth-order valence-corrected chi connectivity index (χ4v) is 4.33. The summed E-state index contributed by atoms with van der Waals surface area (Å²) in [5.74, 6) is 1.65. The highest BCUT2D eigenvalue weighted by Gasteiger charge is 2.42. The molecule has 8 nitrogen and oxygen atoms in total. The van der Waals surface area contributed by atoms with Crippen LogP contribution < -0.4 is 10.1 Å². The van der Waals surface area contributed by atoms with E-state index in [1.54, 1.807) is 12.3 Å². The van der Waals surface area contributed by atoms with Gasteiger partial charge in [-0.2, -0.15) is 0 Å². The van der Waals surface area contributed by atoms with Gasteiger partial charge in [-0.25, -0.2) is 0 Å². The smallest absolute Gasteiger partial charge is 0.273 e. The Bertz CT molecular complexity index is 1120. The molecule has 1 aromatic carbocycles. The summed E-state index contributed by atoms with van der Waals surface area (Å²) in [6.07, 6.45) is 1.75. The maximum absolute atomic E-state index is 11.1. The molecule has 160 valence electrons. The Morgan fingerprint density at radius 1 is 1.26 bits per heavy atom. The number of nitrogens with zero attached hydrogens (tertiary/aromatic N) is 3. The van der Waals surface area contributed by atoms with Crippen molar-refractivity contribution in [1.82, 2.24) is 15.2 Å². The number of ether oxygens (including phenoxy) is 1. The zero-order valence-corrected chi connectivity index (χ0v) is 18.1. The van der Waals surface area contributed by atoms with Gasteiger partial charge in [0.05, 0.1) is 35.4 Å². The lowest BCUT2D eigenvalue weighted by molar-refractivity contribution is -0.384. The van der Waals surface area contributed by atoms with Gasteiger partial charge in [0.2, 0.25) is 0 Å². The van der Waals surface area contributed by atoms with Gasteiger partial charge >= 0.3 is 0 Å². The molecule has 31 heavy (non-hydrogen) atoms. The van der Waals surface area contributed by atoms with Crippen LogP contribution in [0.1, 0.15) is 37.4 Å². The molecule has 0 amide bonds. The summed E-state index contributed by atoms with van der Waals surface area (Å²) in [5, 5.41) is 15.1. The largest absolute Gasteiger partial charge is 0.496 e. The molecule has 2 aromatic heterocycles. The summed E-state index contributed by atoms with van der Waals surface area (Å²) in [7, 11) is 1.48. The maximum atomic E-state index is 11.1. The van der Waals surface area contributed by atoms with Crippen LogP contribution in [0, 0.1) is 10.1 Å². The standard InChI is InChI=1S/C22H22N4O4S/c1-13(2)25-21(20(24-22(25)31)16-6-4-5-11-23-16)18-10-9-17(30-18)15-8-7-14(26(27)28)12-19(15)29-3/h4-13,20-21H,1-3H3,(H,24,31). The molecule has 1 fully saturated rings. The summed E-state index contributed by atoms with van der Waals surface area (Å²) in [5.41, 5.74) is 1.46. The third kappa shape index (κ3) is 3.84. The number of non-ortho nitro benzene ring substituents is 1. The summed E-state index contributed by atoms with van der Waals surface area (Å²) in [6.45, 7) is 4.15. The number of nitrogens with one attached hydrogen (secondary N) is 1. The molecule has 0 spiro atoms. The first-order valence-corrected chi connectivity index (χ1v) is 10.2. The average molecular weight is 439 g/mol. The molecule has 1 aliphatic rings. The van der Waals surface area contributed by atoms with E-state index in [1.807, 2.05) is 30.3 Å². The van der Waals surface area contributed by atoms with Gasteiger partial charge in [0.25, 0.3) is 5.69 Å². The van der Waals surface area contributed by atoms with Crippen LogP contribution in [0.2, 0.25) is 0 Å². The molecule has 1 N–H and O–H groups in total. The van der Waals surface area contributed by atoms with Crippen LogP contribution in [0.4, 0.5) is 5.69 Å². The minimum atomic E-state index is -0.455. The van der Waals surface area contributed by atoms with Gasteiger partial charge in [-0.1, -0.05) is 6.07 Å². The number of rotatable bonds is 6. The molecule has 3 aromatic rings. The predicted octanol–water partition coefficient (Wildman–Crippen LogP) is 4.64. The van der Waals surface area contributed by atoms with Crippen LogP contribution in [0.5, 0.6) is 5.75 Å². The first-order valence-electron chi connectivity index (χ1n) is 9.83. The van der Waals surface area contributed by atoms with Gasteiger partial charge in [-0.05, 0) is 56.4 Å². The van der Waals surface area contributed by atoms with E-state index in [0.717, 1.165) is 5.69 Å². The topological polar surface area (TPSA) is 93.7 Å². The van der Waals surface area contributed by atoms with Gasteiger partial charge in [0.15, 0.2) is 5.11 Å². The number of benzene rings is 1. The van der Waals surface area contributed by atoms with Crippen molar-refractivity contribution >= 4 is 23.0 Å². The van der Waals surface area contributed by atoms with Gasteiger partial charge in [0, 0.05) is 18.3 Å². The molecule has 3 heterocycles. The molecule has 0 saturated carbocycles. The second-order valence-electron chi connectivity index (χ2n) is 7.47. The Hall–Kier alpha value is -3.46. The molecule has 1 aliphatic heterocycles. The molecule has 4 rings (SSSR count). The van der Waals surface area contributed by atoms with E-state index in [9.17, 15) is 10.1 Å². The van der Waals surface area contributed by atoms with Crippen molar-refractivity contribution in [2.24, 2.45) is 0 Å². The lowest BCUT2D eigenvalue weighted by Gasteiger charge is -2.29. The van der Waals surface area contributed by atoms with Crippen molar-refractivity contribution in [1.29, 1.82) is 0 Å². The van der Waals surface area contributed by atoms with Crippen LogP contribution in [-0.4, -0.2) is 33.1 Å². The number of thiocarbonyl (C=S) groups is 1. The zero-order chi connectivity index (χ0) is 22.1. The molecule has 1 saturated heterocycles. The third-order valence-electron chi connectivity index (χ3n) is 5.27. The SMILES string of the molecule is COc1cc([N+](=O)[O-])ccc1-c1ccc(C2C(c3ccccn3)NC(=S)N2C(C)C)o1. The summed E-state index contributed by atoms with van der Waals surface area (Å²) in [6, 6.07) is 13.7. The molecule has 0 radical (unpaired) electrons. The van der Waals surface area contributed by atoms with Gasteiger partial charge < -0.3 is 19.4 Å². The highest BCUT2D eigenvalue weighted by atomic mass is 32.1. The maximum Gasteiger partial charge on any atom is 0.273 e. The third-order valence-corrected chi connectivity index (χ3v) is 5.60. The number of furan rings is 1. The molecule has 2 atom stereocenters. The van der Waals surface area contributed by atoms with Crippen molar-refractivity contribution in [3.63, 3.8) is 0 Å². The highest BCUT2D eigenvalue weighted by Crippen LogP contribution is 2.42. The molecule has 9 heteroatoms. The number of nitro groups is 1. The van der Waals surface area contributed by atoms with Crippen molar-refractivity contribution in [3.05, 3.63) is 76.3 Å². The molecule has 2 unspecified atom stereocenters. The zero-order valence-electron chi connectivity index (χ0n) is 17.3. The quantitative estimate of drug-likeness (QED) is 0.338. The Balaban J connectivity index is 1.75. The first kappa shape index (κ1) is 20.8. The van der Waals surface area contributed by atoms with E-state index in [1.165, 1.54) is 19.2 Å². The fourth-order valence-electron chi connectivity index (χ4n) is 3.88. The summed E-state index contributed by atoms with van der Waals surface area (Å²) < 4.78 is 11.6. The van der Waals surface area contributed by atoms with Crippen LogP contribution in [-0.2, 0) is 0 Å². The Kier molecular flexibility index (Phi) is 5.60. The monoisotopic (exact) mass is 438 g/mol. The van der Waals surface area contributed by atoms with Gasteiger partial charge in [-0.15, -0.1) is 0 Å². The predicted molar refractivity (Wildman–Crippen MR) is 120 cm³/mol. The number of hydrogen-bond donors (Lipinski definition) is 1. The second kappa shape index (κ2) is 8.35. The van der Waals surface area contributed by atoms with Crippen molar-refractivity contribution < 1.29 is 14.1 Å². The Morgan fingerprint density at radius 2 is 2.06 bits per heavy atom. The van der Waals surface area contributed by atoms with E-state index in [-0.39, 0.29) is 23.8 Å².